The van der Waals surface area contributed by atoms with E-state index in [0.29, 0.717) is 0 Å². The minimum atomic E-state index is -0.876. The van der Waals surface area contributed by atoms with Crippen LogP contribution in [0.4, 0.5) is 4.39 Å². The maximum absolute atomic E-state index is 12.3. The Balaban J connectivity index is 3.20. The van der Waals surface area contributed by atoms with Crippen molar-refractivity contribution in [2.75, 3.05) is 0 Å². The van der Waals surface area contributed by atoms with Crippen LogP contribution >= 0.6 is 0 Å². The third kappa shape index (κ3) is 1.06. The number of rotatable bonds is 0. The molecule has 0 spiro atoms. The van der Waals surface area contributed by atoms with Crippen molar-refractivity contribution in [3.63, 3.8) is 0 Å². The summed E-state index contributed by atoms with van der Waals surface area (Å²) in [5.41, 5.74) is 0.164. The molecule has 2 nitrogen and oxygen atoms in total. The second-order valence-corrected chi connectivity index (χ2v) is 1.76. The second kappa shape index (κ2) is 2.36. The minimum absolute atomic E-state index is 0.164. The predicted octanol–water partition coefficient (Wildman–Crippen LogP) is 1.84. The summed E-state index contributed by atoms with van der Waals surface area (Å²) in [6.45, 7) is 0. The monoisotopic (exact) mass is 136 g/mol. The molecule has 1 aromatic rings. The van der Waals surface area contributed by atoms with E-state index >= 15 is 0 Å². The molecule has 0 saturated carbocycles. The minimum Gasteiger partial charge on any atom is -0.287 e. The molecule has 0 aromatic heterocycles. The normalized spacial score (nSPS) is 8.80. The molecule has 49 valence electrons. The first-order valence-corrected chi connectivity index (χ1v) is 2.60. The number of halogens is 1. The van der Waals surface area contributed by atoms with Crippen LogP contribution < -0.4 is 0 Å². The summed E-state index contributed by atoms with van der Waals surface area (Å²) in [6.07, 6.45) is 0. The van der Waals surface area contributed by atoms with Crippen LogP contribution in [0.25, 0.3) is 0 Å². The van der Waals surface area contributed by atoms with Crippen molar-refractivity contribution in [1.29, 1.82) is 5.26 Å². The summed E-state index contributed by atoms with van der Waals surface area (Å²) in [6, 6.07) is 4.95. The lowest BCUT2D eigenvalue weighted by Gasteiger charge is -1.89. The highest BCUT2D eigenvalue weighted by atomic mass is 19.1. The Labute approximate surface area is 57.1 Å². The van der Waals surface area contributed by atoms with Crippen LogP contribution in [0.1, 0.15) is 5.56 Å². The molecule has 0 aliphatic heterocycles. The van der Waals surface area contributed by atoms with Gasteiger partial charge >= 0.3 is 0 Å². The molecule has 1 aromatic carbocycles. The molecule has 0 aliphatic rings. The maximum Gasteiger partial charge on any atom is 0.214 e. The third-order valence-corrected chi connectivity index (χ3v) is 1.06. The van der Waals surface area contributed by atoms with E-state index in [1.54, 1.807) is 6.07 Å². The van der Waals surface area contributed by atoms with E-state index in [9.17, 15) is 9.50 Å². The van der Waals surface area contributed by atoms with Gasteiger partial charge in [0.05, 0.1) is 11.6 Å². The van der Waals surface area contributed by atoms with E-state index in [2.05, 4.69) is 0 Å². The number of hydrogen-bond acceptors (Lipinski definition) is 1. The van der Waals surface area contributed by atoms with E-state index in [4.69, 9.17) is 5.26 Å². The average Bonchev–Trinajstić information content (AvgIpc) is 1.95. The zero-order valence-electron chi connectivity index (χ0n) is 4.97. The largest absolute Gasteiger partial charge is 0.287 e. The molecule has 10 heavy (non-hydrogen) atoms. The van der Waals surface area contributed by atoms with Crippen LogP contribution in [0.5, 0.6) is 5.75 Å². The molecule has 0 unspecified atom stereocenters. The predicted molar refractivity (Wildman–Crippen MR) is 31.2 cm³/mol. The molecular weight excluding hydrogens is 133 g/mol. The van der Waals surface area contributed by atoms with E-state index in [1.807, 2.05) is 0 Å². The van der Waals surface area contributed by atoms with Crippen LogP contribution in [-0.2, 0) is 5.11 Å². The summed E-state index contributed by atoms with van der Waals surface area (Å²) in [4.78, 5) is 0. The molecule has 3 heteroatoms. The van der Waals surface area contributed by atoms with E-state index in [-0.39, 0.29) is 5.56 Å². The van der Waals surface area contributed by atoms with Crippen molar-refractivity contribution in [3.05, 3.63) is 29.6 Å². The number of hydrogen-bond donors (Lipinski definition) is 0. The van der Waals surface area contributed by atoms with Gasteiger partial charge in [0.25, 0.3) is 0 Å². The van der Waals surface area contributed by atoms with Gasteiger partial charge in [-0.2, -0.15) is 5.26 Å². The summed E-state index contributed by atoms with van der Waals surface area (Å²) < 4.78 is 12.3. The fourth-order valence-electron chi connectivity index (χ4n) is 0.570. The highest BCUT2D eigenvalue weighted by Gasteiger charge is 2.01. The van der Waals surface area contributed by atoms with E-state index in [0.717, 1.165) is 12.1 Å². The Kier molecular flexibility index (Phi) is 1.55. The van der Waals surface area contributed by atoms with E-state index < -0.39 is 11.6 Å². The molecule has 1 rings (SSSR count). The van der Waals surface area contributed by atoms with Crippen molar-refractivity contribution in [2.45, 2.75) is 0 Å². The molecule has 0 aliphatic carbocycles. The van der Waals surface area contributed by atoms with E-state index in [1.165, 1.54) is 6.07 Å². The first-order valence-electron chi connectivity index (χ1n) is 2.60. The summed E-state index contributed by atoms with van der Waals surface area (Å²) in [5, 5.41) is 18.6. The Morgan fingerprint density at radius 2 is 2.20 bits per heavy atom. The zero-order chi connectivity index (χ0) is 7.56. The van der Waals surface area contributed by atoms with Gasteiger partial charge in [0.2, 0.25) is 5.75 Å². The Bertz CT molecular complexity index is 290. The van der Waals surface area contributed by atoms with Crippen molar-refractivity contribution in [2.24, 2.45) is 0 Å². The average molecular weight is 136 g/mol. The highest BCUT2D eigenvalue weighted by molar-refractivity contribution is 5.34. The van der Waals surface area contributed by atoms with Gasteiger partial charge in [0.1, 0.15) is 0 Å². The summed E-state index contributed by atoms with van der Waals surface area (Å²) in [7, 11) is 0. The molecule has 0 atom stereocenters. The van der Waals surface area contributed by atoms with Crippen molar-refractivity contribution in [3.8, 4) is 11.8 Å². The van der Waals surface area contributed by atoms with Gasteiger partial charge in [-0.25, -0.2) is 4.39 Å². The molecule has 0 bridgehead atoms. The lowest BCUT2D eigenvalue weighted by atomic mass is 10.2. The van der Waals surface area contributed by atoms with Crippen LogP contribution in [0.15, 0.2) is 18.2 Å². The summed E-state index contributed by atoms with van der Waals surface area (Å²) in [5.74, 6) is -1.56. The molecular formula is C7H3FNO. The smallest absolute Gasteiger partial charge is 0.214 e. The van der Waals surface area contributed by atoms with Crippen LogP contribution in [0, 0.1) is 17.1 Å². The van der Waals surface area contributed by atoms with Crippen LogP contribution in [-0.4, -0.2) is 0 Å². The molecule has 0 N–H and O–H groups in total. The van der Waals surface area contributed by atoms with Gasteiger partial charge in [0, 0.05) is 0 Å². The van der Waals surface area contributed by atoms with Gasteiger partial charge < -0.3 is 0 Å². The standard InChI is InChI=1S/C7H3FNO/c8-6-3-5(4-9)1-2-7(6)10/h1-3H. The molecule has 0 saturated heterocycles. The number of nitriles is 1. The van der Waals surface area contributed by atoms with Crippen molar-refractivity contribution >= 4 is 0 Å². The Morgan fingerprint density at radius 1 is 1.50 bits per heavy atom. The summed E-state index contributed by atoms with van der Waals surface area (Å²) >= 11 is 0. The van der Waals surface area contributed by atoms with Gasteiger partial charge in [-0.15, -0.1) is 0 Å². The lowest BCUT2D eigenvalue weighted by molar-refractivity contribution is 0.330. The van der Waals surface area contributed by atoms with Crippen LogP contribution in [0.3, 0.4) is 0 Å². The van der Waals surface area contributed by atoms with Gasteiger partial charge in [-0.1, -0.05) is 0 Å². The van der Waals surface area contributed by atoms with Gasteiger partial charge in [-0.05, 0) is 18.2 Å². The quantitative estimate of drug-likeness (QED) is 0.536. The molecule has 0 heterocycles. The SMILES string of the molecule is N#Cc1ccc([O])c(F)c1. The fourth-order valence-corrected chi connectivity index (χ4v) is 0.570. The second-order valence-electron chi connectivity index (χ2n) is 1.76. The first kappa shape index (κ1) is 6.56. The van der Waals surface area contributed by atoms with Gasteiger partial charge in [-0.3, -0.25) is 5.11 Å². The molecule has 1 radical (unpaired) electrons. The molecule has 0 fully saturated rings. The fraction of sp³-hybridized carbons (Fsp3) is 0. The lowest BCUT2D eigenvalue weighted by Crippen LogP contribution is -1.77. The topological polar surface area (TPSA) is 43.7 Å². The third-order valence-electron chi connectivity index (χ3n) is 1.06. The first-order chi connectivity index (χ1) is 4.74. The Hall–Kier alpha value is -1.56. The zero-order valence-corrected chi connectivity index (χ0v) is 4.97. The highest BCUT2D eigenvalue weighted by Crippen LogP contribution is 2.15. The number of benzene rings is 1. The van der Waals surface area contributed by atoms with Crippen molar-refractivity contribution in [1.82, 2.24) is 0 Å². The van der Waals surface area contributed by atoms with Crippen molar-refractivity contribution < 1.29 is 9.50 Å². The number of nitrogens with zero attached hydrogens (tertiary/aromatic N) is 1. The Morgan fingerprint density at radius 3 is 2.70 bits per heavy atom. The maximum atomic E-state index is 12.3. The van der Waals surface area contributed by atoms with Crippen LogP contribution in [0.2, 0.25) is 0 Å². The van der Waals surface area contributed by atoms with Gasteiger partial charge in [0.15, 0.2) is 5.82 Å². The molecule has 0 amide bonds.